The van der Waals surface area contributed by atoms with Crippen LogP contribution in [0, 0.1) is 6.92 Å². The van der Waals surface area contributed by atoms with Crippen molar-refractivity contribution in [2.75, 3.05) is 7.11 Å². The number of rotatable bonds is 4. The van der Waals surface area contributed by atoms with Crippen molar-refractivity contribution in [3.63, 3.8) is 0 Å². The van der Waals surface area contributed by atoms with Gasteiger partial charge in [0.2, 0.25) is 0 Å². The summed E-state index contributed by atoms with van der Waals surface area (Å²) in [7, 11) is 1.61. The van der Waals surface area contributed by atoms with E-state index < -0.39 is 5.97 Å². The van der Waals surface area contributed by atoms with Crippen LogP contribution >= 0.6 is 0 Å². The molecule has 2 aromatic carbocycles. The molecule has 1 aromatic heterocycles. The van der Waals surface area contributed by atoms with Crippen molar-refractivity contribution in [1.29, 1.82) is 0 Å². The van der Waals surface area contributed by atoms with E-state index in [-0.39, 0.29) is 5.56 Å². The van der Waals surface area contributed by atoms with E-state index in [1.165, 1.54) is 12.1 Å². The van der Waals surface area contributed by atoms with Crippen LogP contribution in [0.15, 0.2) is 48.7 Å². The van der Waals surface area contributed by atoms with Crippen molar-refractivity contribution in [2.24, 2.45) is 0 Å². The molecule has 23 heavy (non-hydrogen) atoms. The number of carbonyl (C=O) groups is 1. The SMILES string of the molecule is COc1ccc(C)cc1-c1cn(-c2ccc(C(=O)O)cc2)nn1. The lowest BCUT2D eigenvalue weighted by Gasteiger charge is -2.06. The quantitative estimate of drug-likeness (QED) is 0.801. The molecule has 0 aliphatic rings. The summed E-state index contributed by atoms with van der Waals surface area (Å²) in [6.45, 7) is 2.00. The van der Waals surface area contributed by atoms with Crippen LogP contribution in [0.25, 0.3) is 16.9 Å². The van der Waals surface area contributed by atoms with Crippen molar-refractivity contribution < 1.29 is 14.6 Å². The van der Waals surface area contributed by atoms with Crippen LogP contribution in [0.2, 0.25) is 0 Å². The molecule has 1 N–H and O–H groups in total. The molecule has 6 heteroatoms. The minimum Gasteiger partial charge on any atom is -0.496 e. The van der Waals surface area contributed by atoms with Crippen molar-refractivity contribution in [3.05, 3.63) is 59.8 Å². The van der Waals surface area contributed by atoms with E-state index in [1.807, 2.05) is 25.1 Å². The Morgan fingerprint density at radius 2 is 1.91 bits per heavy atom. The van der Waals surface area contributed by atoms with Gasteiger partial charge in [-0.1, -0.05) is 16.8 Å². The van der Waals surface area contributed by atoms with Gasteiger partial charge in [0.25, 0.3) is 0 Å². The third-order valence-electron chi connectivity index (χ3n) is 3.50. The molecule has 3 aromatic rings. The number of hydrogen-bond donors (Lipinski definition) is 1. The first kappa shape index (κ1) is 14.8. The first-order chi connectivity index (χ1) is 11.1. The molecule has 6 nitrogen and oxygen atoms in total. The molecule has 0 aliphatic heterocycles. The van der Waals surface area contributed by atoms with Crippen molar-refractivity contribution in [3.8, 4) is 22.7 Å². The molecule has 0 aliphatic carbocycles. The summed E-state index contributed by atoms with van der Waals surface area (Å²) in [5, 5.41) is 17.2. The monoisotopic (exact) mass is 309 g/mol. The van der Waals surface area contributed by atoms with Gasteiger partial charge >= 0.3 is 5.97 Å². The van der Waals surface area contributed by atoms with E-state index in [9.17, 15) is 4.79 Å². The number of carboxylic acids is 1. The molecule has 0 fully saturated rings. The van der Waals surface area contributed by atoms with Gasteiger partial charge in [-0.2, -0.15) is 0 Å². The molecular formula is C17H15N3O3. The number of carboxylic acid groups (broad SMARTS) is 1. The van der Waals surface area contributed by atoms with Crippen LogP contribution in [0.5, 0.6) is 5.75 Å². The molecule has 3 rings (SSSR count). The Hall–Kier alpha value is -3.15. The Morgan fingerprint density at radius 1 is 1.17 bits per heavy atom. The number of methoxy groups -OCH3 is 1. The van der Waals surface area contributed by atoms with Crippen LogP contribution in [0.1, 0.15) is 15.9 Å². The van der Waals surface area contributed by atoms with Crippen LogP contribution < -0.4 is 4.74 Å². The topological polar surface area (TPSA) is 77.2 Å². The molecule has 0 atom stereocenters. The lowest BCUT2D eigenvalue weighted by Crippen LogP contribution is -1.98. The van der Waals surface area contributed by atoms with Gasteiger partial charge < -0.3 is 9.84 Å². The first-order valence-electron chi connectivity index (χ1n) is 6.99. The predicted molar refractivity (Wildman–Crippen MR) is 85.0 cm³/mol. The fourth-order valence-electron chi connectivity index (χ4n) is 2.29. The molecule has 0 amide bonds. The predicted octanol–water partition coefficient (Wildman–Crippen LogP) is 2.95. The zero-order valence-electron chi connectivity index (χ0n) is 12.7. The Balaban J connectivity index is 1.97. The highest BCUT2D eigenvalue weighted by atomic mass is 16.5. The average Bonchev–Trinajstić information content (AvgIpc) is 3.04. The lowest BCUT2D eigenvalue weighted by atomic mass is 10.1. The smallest absolute Gasteiger partial charge is 0.335 e. The van der Waals surface area contributed by atoms with E-state index in [2.05, 4.69) is 10.3 Å². The average molecular weight is 309 g/mol. The molecule has 0 unspecified atom stereocenters. The molecule has 0 bridgehead atoms. The number of nitrogens with zero attached hydrogens (tertiary/aromatic N) is 3. The minimum absolute atomic E-state index is 0.231. The highest BCUT2D eigenvalue weighted by Gasteiger charge is 2.11. The van der Waals surface area contributed by atoms with Gasteiger partial charge in [0, 0.05) is 5.56 Å². The second-order valence-electron chi connectivity index (χ2n) is 5.10. The summed E-state index contributed by atoms with van der Waals surface area (Å²) < 4.78 is 6.97. The van der Waals surface area contributed by atoms with Gasteiger partial charge in [-0.25, -0.2) is 9.48 Å². The molecule has 0 spiro atoms. The van der Waals surface area contributed by atoms with Crippen LogP contribution in [0.3, 0.4) is 0 Å². The number of aromatic carboxylic acids is 1. The Bertz CT molecular complexity index is 854. The largest absolute Gasteiger partial charge is 0.496 e. The summed E-state index contributed by atoms with van der Waals surface area (Å²) >= 11 is 0. The first-order valence-corrected chi connectivity index (χ1v) is 6.99. The zero-order chi connectivity index (χ0) is 16.4. The molecule has 0 saturated heterocycles. The van der Waals surface area contributed by atoms with Crippen LogP contribution in [0.4, 0.5) is 0 Å². The van der Waals surface area contributed by atoms with Crippen molar-refractivity contribution in [1.82, 2.24) is 15.0 Å². The van der Waals surface area contributed by atoms with E-state index in [0.29, 0.717) is 5.69 Å². The highest BCUT2D eigenvalue weighted by Crippen LogP contribution is 2.29. The molecule has 1 heterocycles. The zero-order valence-corrected chi connectivity index (χ0v) is 12.7. The number of aryl methyl sites for hydroxylation is 1. The summed E-state index contributed by atoms with van der Waals surface area (Å²) in [6.07, 6.45) is 1.78. The van der Waals surface area contributed by atoms with Crippen LogP contribution in [-0.2, 0) is 0 Å². The number of ether oxygens (including phenoxy) is 1. The van der Waals surface area contributed by atoms with E-state index in [4.69, 9.17) is 9.84 Å². The molecule has 0 saturated carbocycles. The van der Waals surface area contributed by atoms with Crippen LogP contribution in [-0.4, -0.2) is 33.2 Å². The fourth-order valence-corrected chi connectivity index (χ4v) is 2.29. The summed E-state index contributed by atoms with van der Waals surface area (Å²) in [4.78, 5) is 10.9. The summed E-state index contributed by atoms with van der Waals surface area (Å²) in [5.41, 5.74) is 3.62. The third-order valence-corrected chi connectivity index (χ3v) is 3.50. The Kier molecular flexibility index (Phi) is 3.80. The van der Waals surface area contributed by atoms with E-state index >= 15 is 0 Å². The van der Waals surface area contributed by atoms with E-state index in [1.54, 1.807) is 30.1 Å². The summed E-state index contributed by atoms with van der Waals surface area (Å²) in [5.74, 6) is -0.232. The van der Waals surface area contributed by atoms with Gasteiger partial charge in [0.05, 0.1) is 24.6 Å². The number of hydrogen-bond acceptors (Lipinski definition) is 4. The standard InChI is InChI=1S/C17H15N3O3/c1-11-3-8-16(23-2)14(9-11)15-10-20(19-18-15)13-6-4-12(5-7-13)17(21)22/h3-10H,1-2H3,(H,21,22). The maximum atomic E-state index is 10.9. The Labute approximate surface area is 133 Å². The van der Waals surface area contributed by atoms with Crippen molar-refractivity contribution in [2.45, 2.75) is 6.92 Å². The molecule has 0 radical (unpaired) electrons. The normalized spacial score (nSPS) is 10.5. The lowest BCUT2D eigenvalue weighted by molar-refractivity contribution is 0.0697. The van der Waals surface area contributed by atoms with Gasteiger partial charge in [-0.3, -0.25) is 0 Å². The fraction of sp³-hybridized carbons (Fsp3) is 0.118. The highest BCUT2D eigenvalue weighted by molar-refractivity contribution is 5.87. The number of benzene rings is 2. The summed E-state index contributed by atoms with van der Waals surface area (Å²) in [6, 6.07) is 12.3. The molecule has 116 valence electrons. The Morgan fingerprint density at radius 3 is 2.57 bits per heavy atom. The van der Waals surface area contributed by atoms with Gasteiger partial charge in [0.15, 0.2) is 0 Å². The number of aromatic nitrogens is 3. The van der Waals surface area contributed by atoms with Crippen molar-refractivity contribution >= 4 is 5.97 Å². The van der Waals surface area contributed by atoms with Gasteiger partial charge in [0.1, 0.15) is 11.4 Å². The minimum atomic E-state index is -0.958. The second-order valence-corrected chi connectivity index (χ2v) is 5.10. The molecular weight excluding hydrogens is 294 g/mol. The maximum absolute atomic E-state index is 10.9. The van der Waals surface area contributed by atoms with E-state index in [0.717, 1.165) is 22.6 Å². The third kappa shape index (κ3) is 2.91. The van der Waals surface area contributed by atoms with Gasteiger partial charge in [-0.05, 0) is 43.3 Å². The second kappa shape index (κ2) is 5.92. The maximum Gasteiger partial charge on any atom is 0.335 e. The van der Waals surface area contributed by atoms with Gasteiger partial charge in [-0.15, -0.1) is 5.10 Å².